The summed E-state index contributed by atoms with van der Waals surface area (Å²) in [5.74, 6) is -1.13. The van der Waals surface area contributed by atoms with Crippen LogP contribution in [0.5, 0.6) is 5.75 Å². The predicted octanol–water partition coefficient (Wildman–Crippen LogP) is 9.34. The molecule has 7 nitrogen and oxygen atoms in total. The third kappa shape index (κ3) is 7.54. The number of aromatic nitrogens is 1. The van der Waals surface area contributed by atoms with E-state index >= 15 is 0 Å². The van der Waals surface area contributed by atoms with Gasteiger partial charge in [-0.25, -0.2) is 13.6 Å². The van der Waals surface area contributed by atoms with Gasteiger partial charge < -0.3 is 19.3 Å². The van der Waals surface area contributed by atoms with E-state index in [0.717, 1.165) is 51.5 Å². The van der Waals surface area contributed by atoms with E-state index < -0.39 is 29.2 Å². The van der Waals surface area contributed by atoms with Crippen LogP contribution in [0.1, 0.15) is 73.1 Å². The quantitative estimate of drug-likeness (QED) is 0.194. The van der Waals surface area contributed by atoms with Crippen molar-refractivity contribution in [2.45, 2.75) is 84.5 Å². The first-order chi connectivity index (χ1) is 22.2. The van der Waals surface area contributed by atoms with Crippen LogP contribution in [0.3, 0.4) is 0 Å². The average Bonchev–Trinajstić information content (AvgIpc) is 3.38. The normalized spacial score (nSPS) is 16.6. The lowest BCUT2D eigenvalue weighted by atomic mass is 9.89. The maximum atomic E-state index is 14.8. The van der Waals surface area contributed by atoms with Crippen molar-refractivity contribution in [3.63, 3.8) is 0 Å². The SMILES string of the molecule is COc1ccc(-c2cc(C)nc(C)c2)cc1CN(C(=O)c1sc2c(F)ccc(F)c2c1Cl)C1CCC(N(C)C(=O)OC(C)(C)C)CC1. The number of pyridine rings is 1. The van der Waals surface area contributed by atoms with Crippen molar-refractivity contribution in [3.8, 4) is 16.9 Å². The maximum absolute atomic E-state index is 14.8. The summed E-state index contributed by atoms with van der Waals surface area (Å²) in [6, 6.07) is 11.6. The first kappa shape index (κ1) is 34.6. The summed E-state index contributed by atoms with van der Waals surface area (Å²) in [6.07, 6.45) is 2.08. The molecule has 2 amide bonds. The molecule has 2 aromatic heterocycles. The van der Waals surface area contributed by atoms with Gasteiger partial charge in [0, 0.05) is 42.6 Å². The number of halogens is 3. The summed E-state index contributed by atoms with van der Waals surface area (Å²) in [4.78, 5) is 35.2. The number of hydrogen-bond acceptors (Lipinski definition) is 6. The summed E-state index contributed by atoms with van der Waals surface area (Å²) in [7, 11) is 3.32. The topological polar surface area (TPSA) is 72.0 Å². The number of benzene rings is 2. The number of carbonyl (C=O) groups is 2. The molecule has 0 bridgehead atoms. The van der Waals surface area contributed by atoms with Gasteiger partial charge in [-0.1, -0.05) is 17.7 Å². The van der Waals surface area contributed by atoms with Crippen LogP contribution >= 0.6 is 22.9 Å². The second-order valence-electron chi connectivity index (χ2n) is 13.1. The minimum absolute atomic E-state index is 0.00370. The molecule has 0 N–H and O–H groups in total. The Morgan fingerprint density at radius 1 is 0.957 bits per heavy atom. The van der Waals surface area contributed by atoms with Crippen LogP contribution in [0.2, 0.25) is 5.02 Å². The van der Waals surface area contributed by atoms with Crippen LogP contribution in [0.25, 0.3) is 21.2 Å². The molecule has 2 aromatic carbocycles. The Labute approximate surface area is 283 Å². The average molecular weight is 684 g/mol. The first-order valence-electron chi connectivity index (χ1n) is 15.6. The molecule has 11 heteroatoms. The molecule has 0 spiro atoms. The fourth-order valence-electron chi connectivity index (χ4n) is 6.24. The van der Waals surface area contributed by atoms with Gasteiger partial charge in [0.25, 0.3) is 5.91 Å². The van der Waals surface area contributed by atoms with Gasteiger partial charge >= 0.3 is 6.09 Å². The monoisotopic (exact) mass is 683 g/mol. The zero-order valence-corrected chi connectivity index (χ0v) is 29.3. The molecule has 0 radical (unpaired) electrons. The number of amides is 2. The van der Waals surface area contributed by atoms with E-state index in [0.29, 0.717) is 31.4 Å². The lowest BCUT2D eigenvalue weighted by Gasteiger charge is -2.40. The number of aryl methyl sites for hydroxylation is 2. The number of ether oxygens (including phenoxy) is 2. The van der Waals surface area contributed by atoms with Gasteiger partial charge in [0.1, 0.15) is 27.9 Å². The Hall–Kier alpha value is -3.76. The third-order valence-corrected chi connectivity index (χ3v) is 10.2. The van der Waals surface area contributed by atoms with E-state index in [-0.39, 0.29) is 38.6 Å². The highest BCUT2D eigenvalue weighted by molar-refractivity contribution is 7.21. The number of fused-ring (bicyclic) bond motifs is 1. The summed E-state index contributed by atoms with van der Waals surface area (Å²) in [5.41, 5.74) is 3.86. The Morgan fingerprint density at radius 2 is 1.57 bits per heavy atom. The Bertz CT molecular complexity index is 1790. The van der Waals surface area contributed by atoms with Crippen molar-refractivity contribution in [2.75, 3.05) is 14.2 Å². The van der Waals surface area contributed by atoms with Crippen LogP contribution in [0.4, 0.5) is 13.6 Å². The van der Waals surface area contributed by atoms with Gasteiger partial charge in [0.2, 0.25) is 0 Å². The van der Waals surface area contributed by atoms with Gasteiger partial charge in [-0.3, -0.25) is 9.78 Å². The highest BCUT2D eigenvalue weighted by Crippen LogP contribution is 2.41. The molecular formula is C36H40ClF2N3O4S. The summed E-state index contributed by atoms with van der Waals surface area (Å²) < 4.78 is 40.9. The van der Waals surface area contributed by atoms with E-state index in [4.69, 9.17) is 21.1 Å². The van der Waals surface area contributed by atoms with Crippen LogP contribution in [-0.2, 0) is 11.3 Å². The minimum atomic E-state index is -0.684. The van der Waals surface area contributed by atoms with Gasteiger partial charge in [0.15, 0.2) is 0 Å². The molecule has 2 heterocycles. The lowest BCUT2D eigenvalue weighted by Crippen LogP contribution is -2.47. The third-order valence-electron chi connectivity index (χ3n) is 8.51. The fourth-order valence-corrected chi connectivity index (χ4v) is 7.74. The molecule has 250 valence electrons. The molecule has 47 heavy (non-hydrogen) atoms. The van der Waals surface area contributed by atoms with Crippen molar-refractivity contribution in [1.82, 2.24) is 14.8 Å². The Kier molecular flexibility index (Phi) is 10.1. The molecule has 0 atom stereocenters. The molecular weight excluding hydrogens is 644 g/mol. The molecule has 5 rings (SSSR count). The van der Waals surface area contributed by atoms with Crippen molar-refractivity contribution in [1.29, 1.82) is 0 Å². The second kappa shape index (κ2) is 13.8. The summed E-state index contributed by atoms with van der Waals surface area (Å²) >= 11 is 7.49. The molecule has 0 saturated heterocycles. The Balaban J connectivity index is 1.51. The predicted molar refractivity (Wildman–Crippen MR) is 182 cm³/mol. The fraction of sp³-hybridized carbons (Fsp3) is 0.417. The van der Waals surface area contributed by atoms with E-state index in [1.165, 1.54) is 0 Å². The maximum Gasteiger partial charge on any atom is 0.410 e. The summed E-state index contributed by atoms with van der Waals surface area (Å²) in [5, 5.41) is -0.190. The zero-order valence-electron chi connectivity index (χ0n) is 27.7. The van der Waals surface area contributed by atoms with Crippen LogP contribution in [0, 0.1) is 25.5 Å². The number of carbonyl (C=O) groups excluding carboxylic acids is 2. The standard InChI is InChI=1S/C36H40ClF2N3O4S/c1-20-16-23(17-21(2)40-20)22-8-15-29(45-7)24(18-22)19-42(26-11-9-25(10-12-26)41(6)35(44)46-36(3,4)5)34(43)33-31(37)30-27(38)13-14-28(39)32(30)47-33/h8,13-18,25-26H,9-12,19H2,1-7H3. The number of thiophene rings is 1. The highest BCUT2D eigenvalue weighted by Gasteiger charge is 2.35. The van der Waals surface area contributed by atoms with Crippen molar-refractivity contribution < 1.29 is 27.8 Å². The van der Waals surface area contributed by atoms with Gasteiger partial charge in [0.05, 0.1) is 22.2 Å². The van der Waals surface area contributed by atoms with Gasteiger partial charge in [-0.15, -0.1) is 11.3 Å². The van der Waals surface area contributed by atoms with E-state index in [9.17, 15) is 18.4 Å². The smallest absolute Gasteiger partial charge is 0.410 e. The molecule has 1 saturated carbocycles. The highest BCUT2D eigenvalue weighted by atomic mass is 35.5. The molecule has 1 aliphatic carbocycles. The van der Waals surface area contributed by atoms with Crippen molar-refractivity contribution >= 4 is 45.0 Å². The van der Waals surface area contributed by atoms with Crippen molar-refractivity contribution in [3.05, 3.63) is 81.0 Å². The van der Waals surface area contributed by atoms with Crippen LogP contribution in [0.15, 0.2) is 42.5 Å². The van der Waals surface area contributed by atoms with E-state index in [1.807, 2.05) is 65.0 Å². The molecule has 1 fully saturated rings. The molecule has 1 aliphatic rings. The van der Waals surface area contributed by atoms with E-state index in [1.54, 1.807) is 24.0 Å². The van der Waals surface area contributed by atoms with Crippen LogP contribution in [-0.4, -0.2) is 58.6 Å². The number of nitrogens with zero attached hydrogens (tertiary/aromatic N) is 3. The Morgan fingerprint density at radius 3 is 2.17 bits per heavy atom. The number of hydrogen-bond donors (Lipinski definition) is 0. The molecule has 0 unspecified atom stereocenters. The largest absolute Gasteiger partial charge is 0.496 e. The number of methoxy groups -OCH3 is 1. The van der Waals surface area contributed by atoms with Gasteiger partial charge in [-0.2, -0.15) is 0 Å². The van der Waals surface area contributed by atoms with Crippen molar-refractivity contribution in [2.24, 2.45) is 0 Å². The lowest BCUT2D eigenvalue weighted by molar-refractivity contribution is 0.0144. The van der Waals surface area contributed by atoms with E-state index in [2.05, 4.69) is 4.98 Å². The minimum Gasteiger partial charge on any atom is -0.496 e. The van der Waals surface area contributed by atoms with Crippen LogP contribution < -0.4 is 4.74 Å². The number of rotatable bonds is 7. The van der Waals surface area contributed by atoms with Gasteiger partial charge in [-0.05, 0) is 108 Å². The second-order valence-corrected chi connectivity index (χ2v) is 14.5. The molecule has 4 aromatic rings. The zero-order chi connectivity index (χ0) is 34.2. The summed E-state index contributed by atoms with van der Waals surface area (Å²) in [6.45, 7) is 9.55. The first-order valence-corrected chi connectivity index (χ1v) is 16.8. The molecule has 0 aliphatic heterocycles.